The molecule has 0 aromatic heterocycles. The van der Waals surface area contributed by atoms with Gasteiger partial charge >= 0.3 is 0 Å². The molecule has 0 aliphatic carbocycles. The lowest BCUT2D eigenvalue weighted by Gasteiger charge is -2.34. The Morgan fingerprint density at radius 3 is 2.65 bits per heavy atom. The monoisotopic (exact) mass is 275 g/mol. The molecule has 1 unspecified atom stereocenters. The van der Waals surface area contributed by atoms with E-state index in [1.807, 2.05) is 35.2 Å². The number of nitrogens with zero attached hydrogens (tertiary/aromatic N) is 1. The van der Waals surface area contributed by atoms with E-state index in [0.29, 0.717) is 13.0 Å². The topological polar surface area (TPSA) is 29.5 Å². The summed E-state index contributed by atoms with van der Waals surface area (Å²) in [5.41, 5.74) is 0.0459. The van der Waals surface area contributed by atoms with Gasteiger partial charge in [-0.2, -0.15) is 0 Å². The number of ether oxygens (including phenoxy) is 1. The van der Waals surface area contributed by atoms with E-state index in [1.54, 1.807) is 0 Å². The first-order valence-electron chi connectivity index (χ1n) is 7.43. The second-order valence-corrected chi connectivity index (χ2v) is 6.77. The average Bonchev–Trinajstić information content (AvgIpc) is 2.38. The maximum atomic E-state index is 12.3. The lowest BCUT2D eigenvalue weighted by atomic mass is 9.91. The van der Waals surface area contributed by atoms with Crippen molar-refractivity contribution in [2.24, 2.45) is 5.41 Å². The number of benzene rings is 1. The number of hydrogen-bond acceptors (Lipinski definition) is 2. The van der Waals surface area contributed by atoms with Crippen LogP contribution in [0.5, 0.6) is 5.75 Å². The minimum Gasteiger partial charge on any atom is -0.489 e. The Morgan fingerprint density at radius 2 is 2.00 bits per heavy atom. The first-order valence-corrected chi connectivity index (χ1v) is 7.43. The Balaban J connectivity index is 1.90. The van der Waals surface area contributed by atoms with E-state index in [4.69, 9.17) is 4.74 Å². The largest absolute Gasteiger partial charge is 0.489 e. The van der Waals surface area contributed by atoms with Crippen LogP contribution in [0.25, 0.3) is 0 Å². The van der Waals surface area contributed by atoms with Gasteiger partial charge in [0, 0.05) is 13.0 Å². The number of para-hydroxylation sites is 1. The van der Waals surface area contributed by atoms with Crippen molar-refractivity contribution in [3.8, 4) is 5.75 Å². The highest BCUT2D eigenvalue weighted by molar-refractivity contribution is 5.77. The third-order valence-electron chi connectivity index (χ3n) is 3.46. The maximum Gasteiger partial charge on any atom is 0.223 e. The summed E-state index contributed by atoms with van der Waals surface area (Å²) < 4.78 is 5.97. The number of likely N-dealkylation sites (tertiary alicyclic amines) is 1. The standard InChI is InChI=1S/C17H25NO2/c1-17(2,3)12-16(19)18-11-7-10-15(13-18)20-14-8-5-4-6-9-14/h4-6,8-9,15H,7,10-13H2,1-3H3. The number of hydrogen-bond donors (Lipinski definition) is 0. The Hall–Kier alpha value is -1.51. The first-order chi connectivity index (χ1) is 9.44. The zero-order valence-corrected chi connectivity index (χ0v) is 12.8. The van der Waals surface area contributed by atoms with Crippen LogP contribution in [-0.2, 0) is 4.79 Å². The Morgan fingerprint density at radius 1 is 1.30 bits per heavy atom. The Kier molecular flexibility index (Phi) is 4.69. The van der Waals surface area contributed by atoms with E-state index >= 15 is 0 Å². The minimum absolute atomic E-state index is 0.0459. The SMILES string of the molecule is CC(C)(C)CC(=O)N1CCCC(Oc2ccccc2)C1. The van der Waals surface area contributed by atoms with Gasteiger partial charge in [-0.15, -0.1) is 0 Å². The van der Waals surface area contributed by atoms with Gasteiger partial charge in [-0.1, -0.05) is 39.0 Å². The normalized spacial score (nSPS) is 19.8. The zero-order chi connectivity index (χ0) is 14.6. The van der Waals surface area contributed by atoms with Gasteiger partial charge in [0.05, 0.1) is 6.54 Å². The second-order valence-electron chi connectivity index (χ2n) is 6.77. The fraction of sp³-hybridized carbons (Fsp3) is 0.588. The van der Waals surface area contributed by atoms with E-state index in [-0.39, 0.29) is 17.4 Å². The minimum atomic E-state index is 0.0459. The molecule has 0 bridgehead atoms. The molecule has 1 amide bonds. The molecule has 0 N–H and O–H groups in total. The number of rotatable bonds is 3. The molecule has 1 saturated heterocycles. The molecule has 110 valence electrons. The Bertz CT molecular complexity index is 436. The van der Waals surface area contributed by atoms with Crippen LogP contribution in [0.15, 0.2) is 30.3 Å². The third kappa shape index (κ3) is 4.55. The summed E-state index contributed by atoms with van der Waals surface area (Å²) in [6.45, 7) is 7.89. The van der Waals surface area contributed by atoms with Crippen LogP contribution in [0.4, 0.5) is 0 Å². The van der Waals surface area contributed by atoms with Crippen LogP contribution in [0.3, 0.4) is 0 Å². The maximum absolute atomic E-state index is 12.3. The molecule has 1 aliphatic rings. The number of amides is 1. The molecule has 3 heteroatoms. The molecule has 3 nitrogen and oxygen atoms in total. The van der Waals surface area contributed by atoms with Gasteiger partial charge in [0.2, 0.25) is 5.91 Å². The lowest BCUT2D eigenvalue weighted by Crippen LogP contribution is -2.45. The van der Waals surface area contributed by atoms with Gasteiger partial charge in [0.15, 0.2) is 0 Å². The van der Waals surface area contributed by atoms with Crippen LogP contribution in [0.2, 0.25) is 0 Å². The molecule has 1 heterocycles. The van der Waals surface area contributed by atoms with Gasteiger partial charge in [-0.25, -0.2) is 0 Å². The molecule has 1 aromatic carbocycles. The smallest absolute Gasteiger partial charge is 0.223 e. The highest BCUT2D eigenvalue weighted by Gasteiger charge is 2.27. The van der Waals surface area contributed by atoms with Crippen LogP contribution < -0.4 is 4.74 Å². The summed E-state index contributed by atoms with van der Waals surface area (Å²) in [5, 5.41) is 0. The van der Waals surface area contributed by atoms with Gasteiger partial charge in [-0.05, 0) is 30.4 Å². The van der Waals surface area contributed by atoms with Crippen molar-refractivity contribution in [1.29, 1.82) is 0 Å². The summed E-state index contributed by atoms with van der Waals surface area (Å²) >= 11 is 0. The quantitative estimate of drug-likeness (QED) is 0.845. The fourth-order valence-corrected chi connectivity index (χ4v) is 2.52. The van der Waals surface area contributed by atoms with Crippen molar-refractivity contribution in [3.05, 3.63) is 30.3 Å². The van der Waals surface area contributed by atoms with Crippen molar-refractivity contribution < 1.29 is 9.53 Å². The molecule has 2 rings (SSSR count). The molecule has 1 fully saturated rings. The van der Waals surface area contributed by atoms with Crippen molar-refractivity contribution in [3.63, 3.8) is 0 Å². The van der Waals surface area contributed by atoms with E-state index < -0.39 is 0 Å². The van der Waals surface area contributed by atoms with Crippen molar-refractivity contribution in [2.45, 2.75) is 46.1 Å². The van der Waals surface area contributed by atoms with Crippen LogP contribution in [0, 0.1) is 5.41 Å². The number of carbonyl (C=O) groups is 1. The molecule has 0 spiro atoms. The molecule has 1 aromatic rings. The summed E-state index contributed by atoms with van der Waals surface area (Å²) in [4.78, 5) is 14.2. The highest BCUT2D eigenvalue weighted by atomic mass is 16.5. The predicted molar refractivity (Wildman–Crippen MR) is 80.7 cm³/mol. The van der Waals surface area contributed by atoms with Crippen LogP contribution in [0.1, 0.15) is 40.0 Å². The number of piperidine rings is 1. The van der Waals surface area contributed by atoms with Crippen molar-refractivity contribution >= 4 is 5.91 Å². The second kappa shape index (κ2) is 6.29. The molecular weight excluding hydrogens is 250 g/mol. The van der Waals surface area contributed by atoms with Crippen LogP contribution in [-0.4, -0.2) is 30.0 Å². The summed E-state index contributed by atoms with van der Waals surface area (Å²) in [7, 11) is 0. The van der Waals surface area contributed by atoms with Gasteiger partial charge in [0.25, 0.3) is 0 Å². The Labute approximate surface area is 121 Å². The molecular formula is C17H25NO2. The molecule has 20 heavy (non-hydrogen) atoms. The molecule has 0 radical (unpaired) electrons. The van der Waals surface area contributed by atoms with Crippen molar-refractivity contribution in [2.75, 3.05) is 13.1 Å². The van der Waals surface area contributed by atoms with Gasteiger partial charge < -0.3 is 9.64 Å². The highest BCUT2D eigenvalue weighted by Crippen LogP contribution is 2.23. The molecule has 1 atom stereocenters. The summed E-state index contributed by atoms with van der Waals surface area (Å²) in [6.07, 6.45) is 2.77. The molecule has 0 saturated carbocycles. The van der Waals surface area contributed by atoms with E-state index in [2.05, 4.69) is 20.8 Å². The van der Waals surface area contributed by atoms with Gasteiger partial charge in [0.1, 0.15) is 11.9 Å². The molecule has 1 aliphatic heterocycles. The van der Waals surface area contributed by atoms with Crippen LogP contribution >= 0.6 is 0 Å². The third-order valence-corrected chi connectivity index (χ3v) is 3.46. The average molecular weight is 275 g/mol. The fourth-order valence-electron chi connectivity index (χ4n) is 2.52. The van der Waals surface area contributed by atoms with E-state index in [0.717, 1.165) is 25.1 Å². The lowest BCUT2D eigenvalue weighted by molar-refractivity contribution is -0.135. The van der Waals surface area contributed by atoms with E-state index in [9.17, 15) is 4.79 Å². The summed E-state index contributed by atoms with van der Waals surface area (Å²) in [5.74, 6) is 1.14. The summed E-state index contributed by atoms with van der Waals surface area (Å²) in [6, 6.07) is 9.86. The first kappa shape index (κ1) is 14.9. The predicted octanol–water partition coefficient (Wildman–Crippen LogP) is 3.49. The number of carbonyl (C=O) groups excluding carboxylic acids is 1. The zero-order valence-electron chi connectivity index (χ0n) is 12.8. The van der Waals surface area contributed by atoms with E-state index in [1.165, 1.54) is 0 Å². The van der Waals surface area contributed by atoms with Crippen molar-refractivity contribution in [1.82, 2.24) is 4.90 Å². The van der Waals surface area contributed by atoms with Gasteiger partial charge in [-0.3, -0.25) is 4.79 Å².